The van der Waals surface area contributed by atoms with Crippen LogP contribution in [0.15, 0.2) is 18.3 Å². The Kier molecular flexibility index (Phi) is 3.73. The van der Waals surface area contributed by atoms with Gasteiger partial charge in [0.2, 0.25) is 0 Å². The molecule has 4 nitrogen and oxygen atoms in total. The predicted molar refractivity (Wildman–Crippen MR) is 66.9 cm³/mol. The Bertz CT molecular complexity index is 497. The first-order chi connectivity index (χ1) is 9.26. The molecule has 1 amide bonds. The summed E-state index contributed by atoms with van der Waals surface area (Å²) in [6.07, 6.45) is -1.57. The highest BCUT2D eigenvalue weighted by Gasteiger charge is 2.41. The van der Waals surface area contributed by atoms with Crippen LogP contribution >= 0.6 is 0 Å². The number of pyridine rings is 1. The van der Waals surface area contributed by atoms with Gasteiger partial charge in [-0.25, -0.2) is 0 Å². The maximum atomic E-state index is 12.4. The highest BCUT2D eigenvalue weighted by Crippen LogP contribution is 2.39. The molecule has 1 heterocycles. The van der Waals surface area contributed by atoms with Crippen molar-refractivity contribution >= 4 is 5.91 Å². The van der Waals surface area contributed by atoms with Gasteiger partial charge in [0.25, 0.3) is 5.91 Å². The van der Waals surface area contributed by atoms with E-state index in [-0.39, 0.29) is 12.1 Å². The Morgan fingerprint density at radius 2 is 2.10 bits per heavy atom. The van der Waals surface area contributed by atoms with Crippen LogP contribution in [0.3, 0.4) is 0 Å². The minimum Gasteiger partial charge on any atom is -0.345 e. The van der Waals surface area contributed by atoms with Gasteiger partial charge in [-0.15, -0.1) is 0 Å². The maximum absolute atomic E-state index is 12.4. The molecule has 1 unspecified atom stereocenters. The summed E-state index contributed by atoms with van der Waals surface area (Å²) < 4.78 is 37.1. The summed E-state index contributed by atoms with van der Waals surface area (Å²) in [4.78, 5) is 15.3. The highest BCUT2D eigenvalue weighted by molar-refractivity contribution is 5.94. The molecule has 1 saturated carbocycles. The molecule has 0 bridgehead atoms. The molecule has 20 heavy (non-hydrogen) atoms. The molecule has 0 aromatic carbocycles. The van der Waals surface area contributed by atoms with Crippen LogP contribution in [0.25, 0.3) is 0 Å². The van der Waals surface area contributed by atoms with Gasteiger partial charge in [0, 0.05) is 12.7 Å². The van der Waals surface area contributed by atoms with Crippen LogP contribution in [0, 0.1) is 5.92 Å². The Morgan fingerprint density at radius 3 is 2.50 bits per heavy atom. The fraction of sp³-hybridized carbons (Fsp3) is 0.538. The Labute approximate surface area is 114 Å². The van der Waals surface area contributed by atoms with Gasteiger partial charge in [-0.3, -0.25) is 9.78 Å². The fourth-order valence-corrected chi connectivity index (χ4v) is 2.07. The van der Waals surface area contributed by atoms with Gasteiger partial charge < -0.3 is 11.1 Å². The number of carbonyl (C=O) groups excluding carboxylic acids is 1. The average molecular weight is 287 g/mol. The number of halogens is 3. The van der Waals surface area contributed by atoms with Gasteiger partial charge in [0.05, 0.1) is 11.1 Å². The summed E-state index contributed by atoms with van der Waals surface area (Å²) in [6, 6.07) is 1.92. The molecule has 1 aliphatic rings. The first-order valence-corrected chi connectivity index (χ1v) is 6.32. The van der Waals surface area contributed by atoms with Crippen LogP contribution < -0.4 is 11.1 Å². The van der Waals surface area contributed by atoms with Crippen molar-refractivity contribution in [2.75, 3.05) is 6.54 Å². The minimum atomic E-state index is -4.51. The van der Waals surface area contributed by atoms with Crippen molar-refractivity contribution in [2.45, 2.75) is 31.5 Å². The molecule has 7 heteroatoms. The van der Waals surface area contributed by atoms with E-state index in [0.717, 1.165) is 31.2 Å². The smallest absolute Gasteiger partial charge is 0.345 e. The molecule has 2 rings (SSSR count). The standard InChI is InChI=1S/C13H16F3N3O/c1-12(7-17,9-3-4-9)19-11(20)8-2-5-10(18-6-8)13(14,15)16/h2,5-6,9H,3-4,7,17H2,1H3,(H,19,20). The monoisotopic (exact) mass is 287 g/mol. The van der Waals surface area contributed by atoms with Crippen LogP contribution in [0.5, 0.6) is 0 Å². The van der Waals surface area contributed by atoms with Gasteiger partial charge in [0.1, 0.15) is 5.69 Å². The lowest BCUT2D eigenvalue weighted by Gasteiger charge is -2.29. The van der Waals surface area contributed by atoms with Crippen molar-refractivity contribution in [2.24, 2.45) is 11.7 Å². The molecule has 0 radical (unpaired) electrons. The van der Waals surface area contributed by atoms with E-state index in [2.05, 4.69) is 10.3 Å². The van der Waals surface area contributed by atoms with Crippen molar-refractivity contribution in [1.82, 2.24) is 10.3 Å². The number of amides is 1. The van der Waals surface area contributed by atoms with E-state index in [4.69, 9.17) is 5.73 Å². The predicted octanol–water partition coefficient (Wildman–Crippen LogP) is 1.96. The molecule has 0 spiro atoms. The lowest BCUT2D eigenvalue weighted by atomic mass is 9.95. The third-order valence-electron chi connectivity index (χ3n) is 3.62. The van der Waals surface area contributed by atoms with Crippen molar-refractivity contribution in [1.29, 1.82) is 0 Å². The number of nitrogens with two attached hydrogens (primary N) is 1. The van der Waals surface area contributed by atoms with Gasteiger partial charge in [0.15, 0.2) is 0 Å². The Balaban J connectivity index is 2.09. The van der Waals surface area contributed by atoms with Crippen LogP contribution in [0.2, 0.25) is 0 Å². The van der Waals surface area contributed by atoms with Gasteiger partial charge >= 0.3 is 6.18 Å². The quantitative estimate of drug-likeness (QED) is 0.889. The molecule has 1 aromatic heterocycles. The minimum absolute atomic E-state index is 0.0957. The third-order valence-corrected chi connectivity index (χ3v) is 3.62. The zero-order valence-corrected chi connectivity index (χ0v) is 11.0. The molecule has 1 aliphatic carbocycles. The second kappa shape index (κ2) is 5.05. The fourth-order valence-electron chi connectivity index (χ4n) is 2.07. The number of hydrogen-bond acceptors (Lipinski definition) is 3. The lowest BCUT2D eigenvalue weighted by molar-refractivity contribution is -0.141. The lowest BCUT2D eigenvalue weighted by Crippen LogP contribution is -2.53. The summed E-state index contributed by atoms with van der Waals surface area (Å²) >= 11 is 0. The summed E-state index contributed by atoms with van der Waals surface area (Å²) in [5.41, 5.74) is 4.24. The van der Waals surface area contributed by atoms with Crippen molar-refractivity contribution in [3.05, 3.63) is 29.6 Å². The molecule has 1 atom stereocenters. The summed E-state index contributed by atoms with van der Waals surface area (Å²) in [7, 11) is 0. The van der Waals surface area contributed by atoms with Gasteiger partial charge in [-0.05, 0) is 37.8 Å². The highest BCUT2D eigenvalue weighted by atomic mass is 19.4. The van der Waals surface area contributed by atoms with E-state index in [1.807, 2.05) is 6.92 Å². The van der Waals surface area contributed by atoms with E-state index in [0.29, 0.717) is 5.92 Å². The molecule has 1 fully saturated rings. The topological polar surface area (TPSA) is 68.0 Å². The van der Waals surface area contributed by atoms with Crippen molar-refractivity contribution < 1.29 is 18.0 Å². The molecular formula is C13H16F3N3O. The van der Waals surface area contributed by atoms with Crippen LogP contribution in [-0.2, 0) is 6.18 Å². The number of nitrogens with one attached hydrogen (secondary N) is 1. The van der Waals surface area contributed by atoms with Crippen molar-refractivity contribution in [3.63, 3.8) is 0 Å². The van der Waals surface area contributed by atoms with Crippen LogP contribution in [-0.4, -0.2) is 23.0 Å². The summed E-state index contributed by atoms with van der Waals surface area (Å²) in [6.45, 7) is 2.14. The first-order valence-electron chi connectivity index (χ1n) is 6.32. The SMILES string of the molecule is CC(CN)(NC(=O)c1ccc(C(F)(F)F)nc1)C1CC1. The average Bonchev–Trinajstić information content (AvgIpc) is 3.22. The molecule has 0 saturated heterocycles. The molecule has 110 valence electrons. The van der Waals surface area contributed by atoms with Gasteiger partial charge in [-0.1, -0.05) is 0 Å². The second-order valence-corrected chi connectivity index (χ2v) is 5.28. The summed E-state index contributed by atoms with van der Waals surface area (Å²) in [5, 5.41) is 2.79. The maximum Gasteiger partial charge on any atom is 0.433 e. The van der Waals surface area contributed by atoms with Crippen molar-refractivity contribution in [3.8, 4) is 0 Å². The first kappa shape index (κ1) is 14.8. The number of alkyl halides is 3. The number of nitrogens with zero attached hydrogens (tertiary/aromatic N) is 1. The Morgan fingerprint density at radius 1 is 1.45 bits per heavy atom. The van der Waals surface area contributed by atoms with E-state index in [1.54, 1.807) is 0 Å². The number of rotatable bonds is 4. The molecule has 3 N–H and O–H groups in total. The summed E-state index contributed by atoms with van der Waals surface area (Å²) in [5.74, 6) is -0.120. The molecular weight excluding hydrogens is 271 g/mol. The zero-order valence-electron chi connectivity index (χ0n) is 11.0. The second-order valence-electron chi connectivity index (χ2n) is 5.28. The third kappa shape index (κ3) is 3.09. The van der Waals surface area contributed by atoms with E-state index in [9.17, 15) is 18.0 Å². The number of aromatic nitrogens is 1. The van der Waals surface area contributed by atoms with Crippen LogP contribution in [0.4, 0.5) is 13.2 Å². The van der Waals surface area contributed by atoms with E-state index < -0.39 is 23.3 Å². The zero-order chi connectivity index (χ0) is 15.0. The molecule has 0 aliphatic heterocycles. The number of carbonyl (C=O) groups is 1. The van der Waals surface area contributed by atoms with E-state index in [1.165, 1.54) is 0 Å². The largest absolute Gasteiger partial charge is 0.433 e. The Hall–Kier alpha value is -1.63. The molecule has 1 aromatic rings. The van der Waals surface area contributed by atoms with Crippen LogP contribution in [0.1, 0.15) is 35.8 Å². The number of hydrogen-bond donors (Lipinski definition) is 2. The van der Waals surface area contributed by atoms with E-state index >= 15 is 0 Å². The normalized spacial score (nSPS) is 18.4. The van der Waals surface area contributed by atoms with Gasteiger partial charge in [-0.2, -0.15) is 13.2 Å².